The van der Waals surface area contributed by atoms with Crippen LogP contribution >= 0.6 is 34.8 Å². The summed E-state index contributed by atoms with van der Waals surface area (Å²) in [7, 11) is 1.71. The number of benzene rings is 2. The van der Waals surface area contributed by atoms with E-state index in [1.165, 1.54) is 0 Å². The fraction of sp³-hybridized carbons (Fsp3) is 0.200. The second-order valence-electron chi connectivity index (χ2n) is 6.44. The van der Waals surface area contributed by atoms with Crippen molar-refractivity contribution in [3.05, 3.63) is 78.5 Å². The van der Waals surface area contributed by atoms with E-state index in [-0.39, 0.29) is 11.3 Å². The van der Waals surface area contributed by atoms with E-state index >= 15 is 0 Å². The number of nitrogens with zero attached hydrogens (tertiary/aromatic N) is 1. The fourth-order valence-electron chi connectivity index (χ4n) is 3.68. The molecule has 3 nitrogen and oxygen atoms in total. The van der Waals surface area contributed by atoms with Gasteiger partial charge in [0, 0.05) is 44.4 Å². The summed E-state index contributed by atoms with van der Waals surface area (Å²) in [5, 5.41) is 2.37. The van der Waals surface area contributed by atoms with Gasteiger partial charge in [-0.1, -0.05) is 40.9 Å². The van der Waals surface area contributed by atoms with E-state index in [2.05, 4.69) is 9.98 Å². The minimum Gasteiger partial charge on any atom is -0.358 e. The number of nitrogens with one attached hydrogen (secondary N) is 1. The Bertz CT molecular complexity index is 1120. The first-order chi connectivity index (χ1) is 12.5. The van der Waals surface area contributed by atoms with Crippen LogP contribution in [0.5, 0.6) is 0 Å². The van der Waals surface area contributed by atoms with Gasteiger partial charge in [-0.3, -0.25) is 9.79 Å². The number of fused-ring (bicyclic) bond motifs is 2. The summed E-state index contributed by atoms with van der Waals surface area (Å²) in [6.07, 6.45) is 1.34. The molecule has 0 saturated heterocycles. The highest BCUT2D eigenvalue weighted by Crippen LogP contribution is 2.36. The zero-order valence-corrected chi connectivity index (χ0v) is 16.2. The predicted octanol–water partition coefficient (Wildman–Crippen LogP) is 5.64. The van der Waals surface area contributed by atoms with Gasteiger partial charge in [0.1, 0.15) is 0 Å². The number of aromatic amines is 1. The van der Waals surface area contributed by atoms with Crippen LogP contribution in [-0.4, -0.2) is 17.7 Å². The van der Waals surface area contributed by atoms with E-state index < -0.39 is 0 Å². The number of H-pyrrole nitrogens is 1. The van der Waals surface area contributed by atoms with Crippen molar-refractivity contribution < 1.29 is 0 Å². The van der Waals surface area contributed by atoms with Crippen molar-refractivity contribution in [1.82, 2.24) is 4.98 Å². The Morgan fingerprint density at radius 2 is 1.77 bits per heavy atom. The molecule has 1 unspecified atom stereocenters. The third kappa shape index (κ3) is 2.94. The van der Waals surface area contributed by atoms with Crippen molar-refractivity contribution in [2.45, 2.75) is 18.8 Å². The molecule has 3 aromatic rings. The average Bonchev–Trinajstić information content (AvgIpc) is 2.61. The van der Waals surface area contributed by atoms with Crippen molar-refractivity contribution in [2.24, 2.45) is 4.99 Å². The molecule has 132 valence electrons. The average molecular weight is 406 g/mol. The first-order valence-corrected chi connectivity index (χ1v) is 9.36. The second-order valence-corrected chi connectivity index (χ2v) is 7.72. The Kier molecular flexibility index (Phi) is 4.55. The predicted molar refractivity (Wildman–Crippen MR) is 110 cm³/mol. The van der Waals surface area contributed by atoms with Crippen LogP contribution in [-0.2, 0) is 6.42 Å². The number of hydrogen-bond acceptors (Lipinski definition) is 2. The molecule has 1 N–H and O–H groups in total. The summed E-state index contributed by atoms with van der Waals surface area (Å²) in [4.78, 5) is 20.8. The minimum atomic E-state index is -0.0301. The zero-order valence-electron chi connectivity index (χ0n) is 13.9. The van der Waals surface area contributed by atoms with Crippen LogP contribution in [0.3, 0.4) is 0 Å². The lowest BCUT2D eigenvalue weighted by Gasteiger charge is -2.27. The normalized spacial score (nSPS) is 18.3. The number of rotatable bonds is 1. The molecule has 0 bridgehead atoms. The maximum Gasteiger partial charge on any atom is 0.198 e. The first kappa shape index (κ1) is 17.6. The van der Waals surface area contributed by atoms with Gasteiger partial charge in [0.15, 0.2) is 5.43 Å². The van der Waals surface area contributed by atoms with Crippen LogP contribution in [0.2, 0.25) is 15.1 Å². The van der Waals surface area contributed by atoms with Gasteiger partial charge in [-0.2, -0.15) is 0 Å². The third-order valence-corrected chi connectivity index (χ3v) is 5.69. The van der Waals surface area contributed by atoms with Crippen LogP contribution in [0, 0.1) is 0 Å². The van der Waals surface area contributed by atoms with Crippen molar-refractivity contribution in [1.29, 1.82) is 0 Å². The van der Waals surface area contributed by atoms with Crippen molar-refractivity contribution >= 4 is 51.4 Å². The smallest absolute Gasteiger partial charge is 0.198 e. The molecule has 4 rings (SSSR count). The number of pyridine rings is 1. The highest BCUT2D eigenvalue weighted by atomic mass is 35.5. The van der Waals surface area contributed by atoms with E-state index in [0.29, 0.717) is 38.9 Å². The Hall–Kier alpha value is -1.81. The summed E-state index contributed by atoms with van der Waals surface area (Å²) < 4.78 is 0. The second kappa shape index (κ2) is 6.73. The van der Waals surface area contributed by atoms with Crippen molar-refractivity contribution in [3.8, 4) is 0 Å². The highest BCUT2D eigenvalue weighted by molar-refractivity contribution is 6.35. The third-order valence-electron chi connectivity index (χ3n) is 4.89. The van der Waals surface area contributed by atoms with Gasteiger partial charge in [-0.15, -0.1) is 0 Å². The molecule has 1 aliphatic rings. The molecule has 0 spiro atoms. The van der Waals surface area contributed by atoms with E-state index in [4.69, 9.17) is 34.8 Å². The van der Waals surface area contributed by atoms with E-state index in [9.17, 15) is 4.79 Å². The topological polar surface area (TPSA) is 45.2 Å². The lowest BCUT2D eigenvalue weighted by atomic mass is 9.80. The molecule has 0 fully saturated rings. The molecule has 1 heterocycles. The largest absolute Gasteiger partial charge is 0.358 e. The molecule has 0 radical (unpaired) electrons. The van der Waals surface area contributed by atoms with Crippen LogP contribution in [0.25, 0.3) is 10.9 Å². The molecule has 1 atom stereocenters. The Morgan fingerprint density at radius 3 is 2.50 bits per heavy atom. The number of aromatic nitrogens is 1. The SMILES string of the molecule is CN=C1CC(c2ccc(Cl)cc2Cl)Cc2[nH]c3ccc(Cl)cc3c(=O)c21. The van der Waals surface area contributed by atoms with E-state index in [0.717, 1.165) is 22.5 Å². The number of aliphatic imine (C=N–C) groups is 1. The van der Waals surface area contributed by atoms with Crippen molar-refractivity contribution in [2.75, 3.05) is 7.05 Å². The van der Waals surface area contributed by atoms with Crippen LogP contribution < -0.4 is 5.43 Å². The maximum absolute atomic E-state index is 13.0. The summed E-state index contributed by atoms with van der Waals surface area (Å²) in [6.45, 7) is 0. The van der Waals surface area contributed by atoms with Crippen LogP contribution in [0.1, 0.15) is 29.2 Å². The quantitative estimate of drug-likeness (QED) is 0.559. The lowest BCUT2D eigenvalue weighted by Crippen LogP contribution is -2.28. The fourth-order valence-corrected chi connectivity index (χ4v) is 4.41. The Labute approximate surface area is 165 Å². The molecule has 0 saturated carbocycles. The monoisotopic (exact) mass is 404 g/mol. The summed E-state index contributed by atoms with van der Waals surface area (Å²) in [5.41, 5.74) is 4.08. The minimum absolute atomic E-state index is 0.0301. The molecule has 0 aliphatic heterocycles. The molecule has 2 aromatic carbocycles. The molecular formula is C20H15Cl3N2O. The lowest BCUT2D eigenvalue weighted by molar-refractivity contribution is 0.681. The summed E-state index contributed by atoms with van der Waals surface area (Å²) in [5.74, 6) is 0.131. The van der Waals surface area contributed by atoms with Gasteiger partial charge in [0.2, 0.25) is 0 Å². The molecule has 6 heteroatoms. The van der Waals surface area contributed by atoms with Gasteiger partial charge < -0.3 is 4.98 Å². The van der Waals surface area contributed by atoms with Crippen LogP contribution in [0.4, 0.5) is 0 Å². The number of halogens is 3. The molecule has 1 aliphatic carbocycles. The molecule has 1 aromatic heterocycles. The van der Waals surface area contributed by atoms with Gasteiger partial charge in [0.05, 0.1) is 5.56 Å². The Morgan fingerprint density at radius 1 is 1.04 bits per heavy atom. The van der Waals surface area contributed by atoms with Gasteiger partial charge in [-0.05, 0) is 54.7 Å². The molecular weight excluding hydrogens is 391 g/mol. The molecule has 0 amide bonds. The number of hydrogen-bond donors (Lipinski definition) is 1. The first-order valence-electron chi connectivity index (χ1n) is 8.23. The van der Waals surface area contributed by atoms with E-state index in [1.54, 1.807) is 25.2 Å². The zero-order chi connectivity index (χ0) is 18.4. The Balaban J connectivity index is 1.89. The standard InChI is InChI=1S/C20H15Cl3N2O/c1-24-17-6-10(13-4-2-12(22)9-15(13)23)7-18-19(17)20(26)14-8-11(21)3-5-16(14)25-18/h2-5,8-10H,6-7H2,1H3,(H,25,26). The van der Waals surface area contributed by atoms with E-state index in [1.807, 2.05) is 18.2 Å². The maximum atomic E-state index is 13.0. The van der Waals surface area contributed by atoms with Gasteiger partial charge >= 0.3 is 0 Å². The summed E-state index contributed by atoms with van der Waals surface area (Å²) >= 11 is 18.5. The van der Waals surface area contributed by atoms with Crippen LogP contribution in [0.15, 0.2) is 46.2 Å². The van der Waals surface area contributed by atoms with Gasteiger partial charge in [-0.25, -0.2) is 0 Å². The van der Waals surface area contributed by atoms with Crippen molar-refractivity contribution in [3.63, 3.8) is 0 Å². The highest BCUT2D eigenvalue weighted by Gasteiger charge is 2.29. The summed E-state index contributed by atoms with van der Waals surface area (Å²) in [6, 6.07) is 10.9. The van der Waals surface area contributed by atoms with Gasteiger partial charge in [0.25, 0.3) is 0 Å². The molecule has 26 heavy (non-hydrogen) atoms.